The number of halogens is 3. The molecule has 12 heteroatoms. The van der Waals surface area contributed by atoms with E-state index in [1.807, 2.05) is 17.0 Å². The lowest BCUT2D eigenvalue weighted by atomic mass is 9.74. The summed E-state index contributed by atoms with van der Waals surface area (Å²) < 4.78 is 73.2. The first-order valence-electron chi connectivity index (χ1n) is 13.9. The van der Waals surface area contributed by atoms with E-state index in [0.717, 1.165) is 5.69 Å². The minimum Gasteiger partial charge on any atom is -0.440 e. The number of hydrogen-bond acceptors (Lipinski definition) is 7. The molecule has 42 heavy (non-hydrogen) atoms. The Morgan fingerprint density at radius 3 is 2.29 bits per heavy atom. The van der Waals surface area contributed by atoms with Gasteiger partial charge < -0.3 is 14.6 Å². The summed E-state index contributed by atoms with van der Waals surface area (Å²) in [7, 11) is -3.05. The SMILES string of the molecule is N#CC1(NC(=O)[C@@H]2CCC(F)(F)C[C@H]2c2oc(-c3ccc(F)cc3)nc2-c2ccc(N3CCS(=O)(=O)CC3)cc2)CC1. The molecule has 0 radical (unpaired) electrons. The van der Waals surface area contributed by atoms with Gasteiger partial charge in [-0.2, -0.15) is 5.26 Å². The van der Waals surface area contributed by atoms with Crippen LogP contribution in [0.2, 0.25) is 0 Å². The topological polar surface area (TPSA) is 116 Å². The van der Waals surface area contributed by atoms with Crippen LogP contribution < -0.4 is 10.2 Å². The van der Waals surface area contributed by atoms with Crippen LogP contribution in [0.15, 0.2) is 52.9 Å². The largest absolute Gasteiger partial charge is 0.440 e. The van der Waals surface area contributed by atoms with Gasteiger partial charge in [0, 0.05) is 54.6 Å². The monoisotopic (exact) mass is 598 g/mol. The molecule has 3 aromatic rings. The number of aromatic nitrogens is 1. The number of sulfone groups is 1. The predicted octanol–water partition coefficient (Wildman–Crippen LogP) is 5.07. The van der Waals surface area contributed by atoms with Crippen LogP contribution >= 0.6 is 0 Å². The second-order valence-corrected chi connectivity index (χ2v) is 13.7. The summed E-state index contributed by atoms with van der Waals surface area (Å²) in [4.78, 5) is 20.0. The van der Waals surface area contributed by atoms with Crippen LogP contribution in [0.25, 0.3) is 22.7 Å². The van der Waals surface area contributed by atoms with Crippen molar-refractivity contribution in [1.29, 1.82) is 5.26 Å². The maximum atomic E-state index is 14.9. The quantitative estimate of drug-likeness (QED) is 0.421. The van der Waals surface area contributed by atoms with Crippen molar-refractivity contribution < 1.29 is 30.8 Å². The molecule has 1 N–H and O–H groups in total. The summed E-state index contributed by atoms with van der Waals surface area (Å²) in [5.41, 5.74) is 1.17. The Balaban J connectivity index is 1.38. The van der Waals surface area contributed by atoms with Gasteiger partial charge in [-0.1, -0.05) is 12.1 Å². The molecule has 3 fully saturated rings. The zero-order chi connectivity index (χ0) is 29.7. The second kappa shape index (κ2) is 10.5. The standard InChI is InChI=1S/C30H29F3N4O4S/c31-21-5-1-20(2-6-21)28-35-25(19-3-7-22(8-4-19)37-13-15-42(39,40)16-14-37)26(41-28)24-17-30(32,33)10-9-23(24)27(38)36-29(18-34)11-12-29/h1-8,23-24H,9-17H2,(H,36,38)/t23-,24-/m1/s1. The molecular formula is C30H29F3N4O4S. The number of hydrogen-bond donors (Lipinski definition) is 1. The van der Waals surface area contributed by atoms with Gasteiger partial charge in [0.05, 0.1) is 17.6 Å². The lowest BCUT2D eigenvalue weighted by Crippen LogP contribution is -2.45. The first-order chi connectivity index (χ1) is 20.0. The average molecular weight is 599 g/mol. The van der Waals surface area contributed by atoms with Crippen LogP contribution in [-0.4, -0.2) is 55.4 Å². The number of amides is 1. The van der Waals surface area contributed by atoms with Crippen molar-refractivity contribution in [3.05, 3.63) is 60.1 Å². The minimum atomic E-state index is -3.05. The zero-order valence-corrected chi connectivity index (χ0v) is 23.5. The smallest absolute Gasteiger partial charge is 0.248 e. The van der Waals surface area contributed by atoms with E-state index in [0.29, 0.717) is 42.8 Å². The Kier molecular flexibility index (Phi) is 7.04. The van der Waals surface area contributed by atoms with Crippen molar-refractivity contribution in [1.82, 2.24) is 10.3 Å². The highest BCUT2D eigenvalue weighted by Gasteiger charge is 2.51. The zero-order valence-electron chi connectivity index (χ0n) is 22.7. The molecule has 0 bridgehead atoms. The molecule has 1 aliphatic heterocycles. The number of nitrogens with zero attached hydrogens (tertiary/aromatic N) is 3. The number of nitriles is 1. The number of anilines is 1. The third-order valence-corrected chi connectivity index (χ3v) is 10.0. The fraction of sp³-hybridized carbons (Fsp3) is 0.433. The van der Waals surface area contributed by atoms with Crippen molar-refractivity contribution in [3.63, 3.8) is 0 Å². The van der Waals surface area contributed by atoms with E-state index in [-0.39, 0.29) is 29.6 Å². The van der Waals surface area contributed by atoms with E-state index < -0.39 is 57.7 Å². The Hall–Kier alpha value is -3.85. The summed E-state index contributed by atoms with van der Waals surface area (Å²) in [5, 5.41) is 12.3. The Morgan fingerprint density at radius 1 is 1.02 bits per heavy atom. The maximum absolute atomic E-state index is 14.9. The van der Waals surface area contributed by atoms with Gasteiger partial charge in [0.2, 0.25) is 17.7 Å². The third-order valence-electron chi connectivity index (χ3n) is 8.42. The van der Waals surface area contributed by atoms with E-state index in [2.05, 4.69) is 16.4 Å². The maximum Gasteiger partial charge on any atom is 0.248 e. The summed E-state index contributed by atoms with van der Waals surface area (Å²) in [6, 6.07) is 14.7. The first kappa shape index (κ1) is 28.3. The van der Waals surface area contributed by atoms with E-state index in [1.165, 1.54) is 24.3 Å². The van der Waals surface area contributed by atoms with Crippen molar-refractivity contribution in [2.24, 2.45) is 5.92 Å². The van der Waals surface area contributed by atoms with Crippen molar-refractivity contribution in [2.45, 2.75) is 49.5 Å². The minimum absolute atomic E-state index is 0.0651. The second-order valence-electron chi connectivity index (χ2n) is 11.4. The summed E-state index contributed by atoms with van der Waals surface area (Å²) in [6.07, 6.45) is -0.153. The number of alkyl halides is 2. The van der Waals surface area contributed by atoms with Gasteiger partial charge in [-0.05, 0) is 55.7 Å². The number of benzene rings is 2. The molecule has 1 amide bonds. The van der Waals surface area contributed by atoms with Gasteiger partial charge in [0.15, 0.2) is 9.84 Å². The molecule has 2 atom stereocenters. The van der Waals surface area contributed by atoms with Gasteiger partial charge in [-0.15, -0.1) is 0 Å². The number of rotatable bonds is 6. The van der Waals surface area contributed by atoms with Gasteiger partial charge in [0.1, 0.15) is 22.8 Å². The van der Waals surface area contributed by atoms with Crippen LogP contribution in [-0.2, 0) is 14.6 Å². The molecule has 6 rings (SSSR count). The molecule has 2 aromatic carbocycles. The number of nitrogens with one attached hydrogen (secondary N) is 1. The van der Waals surface area contributed by atoms with Crippen molar-refractivity contribution >= 4 is 21.4 Å². The van der Waals surface area contributed by atoms with E-state index in [4.69, 9.17) is 4.42 Å². The van der Waals surface area contributed by atoms with Crippen LogP contribution in [0.1, 0.15) is 43.8 Å². The molecule has 0 unspecified atom stereocenters. The Morgan fingerprint density at radius 2 is 1.67 bits per heavy atom. The highest BCUT2D eigenvalue weighted by molar-refractivity contribution is 7.91. The van der Waals surface area contributed by atoms with Gasteiger partial charge in [0.25, 0.3) is 0 Å². The highest BCUT2D eigenvalue weighted by atomic mass is 32.2. The third kappa shape index (κ3) is 5.75. The van der Waals surface area contributed by atoms with Gasteiger partial charge in [-0.3, -0.25) is 4.79 Å². The number of carbonyl (C=O) groups excluding carboxylic acids is 1. The van der Waals surface area contributed by atoms with E-state index in [9.17, 15) is 31.6 Å². The molecule has 220 valence electrons. The van der Waals surface area contributed by atoms with Crippen molar-refractivity contribution in [3.8, 4) is 28.8 Å². The van der Waals surface area contributed by atoms with E-state index >= 15 is 0 Å². The fourth-order valence-electron chi connectivity index (χ4n) is 5.75. The molecular weight excluding hydrogens is 569 g/mol. The van der Waals surface area contributed by atoms with Crippen LogP contribution in [0.4, 0.5) is 18.9 Å². The molecule has 0 spiro atoms. The highest BCUT2D eigenvalue weighted by Crippen LogP contribution is 2.49. The number of oxazole rings is 1. The average Bonchev–Trinajstić information content (AvgIpc) is 3.59. The van der Waals surface area contributed by atoms with Crippen LogP contribution in [0, 0.1) is 23.1 Å². The van der Waals surface area contributed by atoms with Crippen molar-refractivity contribution in [2.75, 3.05) is 29.5 Å². The lowest BCUT2D eigenvalue weighted by molar-refractivity contribution is -0.131. The summed E-state index contributed by atoms with van der Waals surface area (Å²) in [6.45, 7) is 0.730. The first-order valence-corrected chi connectivity index (χ1v) is 15.7. The fourth-order valence-corrected chi connectivity index (χ4v) is 6.95. The Bertz CT molecular complexity index is 1630. The molecule has 1 saturated heterocycles. The summed E-state index contributed by atoms with van der Waals surface area (Å²) in [5.74, 6) is -5.47. The molecule has 1 aromatic heterocycles. The predicted molar refractivity (Wildman–Crippen MR) is 149 cm³/mol. The van der Waals surface area contributed by atoms with E-state index in [1.54, 1.807) is 12.1 Å². The van der Waals surface area contributed by atoms with Crippen LogP contribution in [0.3, 0.4) is 0 Å². The van der Waals surface area contributed by atoms with Gasteiger partial charge in [-0.25, -0.2) is 26.6 Å². The van der Waals surface area contributed by atoms with Gasteiger partial charge >= 0.3 is 0 Å². The van der Waals surface area contributed by atoms with Crippen LogP contribution in [0.5, 0.6) is 0 Å². The normalized spacial score (nSPS) is 24.0. The molecule has 2 saturated carbocycles. The molecule has 3 aliphatic rings. The Labute approximate surface area is 241 Å². The number of carbonyl (C=O) groups is 1. The lowest BCUT2D eigenvalue weighted by Gasteiger charge is -2.34. The molecule has 2 aliphatic carbocycles. The molecule has 2 heterocycles. The molecule has 8 nitrogen and oxygen atoms in total. The summed E-state index contributed by atoms with van der Waals surface area (Å²) >= 11 is 0.